The fraction of sp³-hybridized carbons (Fsp3) is 0.300. The van der Waals surface area contributed by atoms with Gasteiger partial charge in [-0.3, -0.25) is 4.84 Å². The number of benzene rings is 1. The van der Waals surface area contributed by atoms with Crippen LogP contribution in [0.3, 0.4) is 0 Å². The summed E-state index contributed by atoms with van der Waals surface area (Å²) in [5.74, 6) is 0. The highest BCUT2D eigenvalue weighted by atomic mass is 19.4. The topological polar surface area (TPSA) is 21.6 Å². The second-order valence-corrected chi connectivity index (χ2v) is 2.79. The van der Waals surface area contributed by atoms with E-state index in [9.17, 15) is 13.2 Å². The fourth-order valence-electron chi connectivity index (χ4n) is 1.06. The van der Waals surface area contributed by atoms with Crippen LogP contribution in [-0.4, -0.2) is 12.1 Å². The molecule has 0 amide bonds. The number of halogens is 3. The lowest BCUT2D eigenvalue weighted by Crippen LogP contribution is -2.11. The fourth-order valence-corrected chi connectivity index (χ4v) is 1.06. The van der Waals surface area contributed by atoms with Crippen LogP contribution in [0.2, 0.25) is 0 Å². The molecule has 82 valence electrons. The summed E-state index contributed by atoms with van der Waals surface area (Å²) in [7, 11) is 0. The maximum absolute atomic E-state index is 11.7. The van der Waals surface area contributed by atoms with Crippen molar-refractivity contribution in [2.75, 3.05) is 0 Å². The van der Waals surface area contributed by atoms with E-state index in [-0.39, 0.29) is 5.71 Å². The quantitative estimate of drug-likeness (QED) is 0.562. The van der Waals surface area contributed by atoms with Gasteiger partial charge in [0.1, 0.15) is 0 Å². The molecule has 0 saturated carbocycles. The molecular formula is C10H10F3NO. The van der Waals surface area contributed by atoms with Crippen molar-refractivity contribution in [1.29, 1.82) is 0 Å². The van der Waals surface area contributed by atoms with Gasteiger partial charge in [0.05, 0.1) is 5.71 Å². The standard InChI is InChI=1S/C10H10F3NO/c1-2-9(14-15-10(11,12)13)8-6-4-3-5-7-8/h3-7H,2H2,1H3/b14-9+. The highest BCUT2D eigenvalue weighted by Gasteiger charge is 2.31. The first-order chi connectivity index (χ1) is 7.03. The lowest BCUT2D eigenvalue weighted by Gasteiger charge is -2.05. The van der Waals surface area contributed by atoms with Gasteiger partial charge in [-0.2, -0.15) is 0 Å². The van der Waals surface area contributed by atoms with Gasteiger partial charge in [-0.25, -0.2) is 0 Å². The summed E-state index contributed by atoms with van der Waals surface area (Å²) in [6.45, 7) is 1.71. The van der Waals surface area contributed by atoms with Gasteiger partial charge in [0, 0.05) is 0 Å². The zero-order valence-electron chi connectivity index (χ0n) is 8.08. The van der Waals surface area contributed by atoms with Crippen molar-refractivity contribution in [1.82, 2.24) is 0 Å². The Hall–Kier alpha value is -1.52. The van der Waals surface area contributed by atoms with Crippen molar-refractivity contribution in [2.24, 2.45) is 5.16 Å². The molecule has 1 aromatic rings. The Bertz CT molecular complexity index is 332. The van der Waals surface area contributed by atoms with E-state index in [1.807, 2.05) is 0 Å². The Balaban J connectivity index is 2.81. The van der Waals surface area contributed by atoms with E-state index in [1.165, 1.54) is 0 Å². The summed E-state index contributed by atoms with van der Waals surface area (Å²) < 4.78 is 35.2. The summed E-state index contributed by atoms with van der Waals surface area (Å²) in [4.78, 5) is 3.42. The third-order valence-electron chi connectivity index (χ3n) is 1.70. The summed E-state index contributed by atoms with van der Waals surface area (Å²) >= 11 is 0. The van der Waals surface area contributed by atoms with E-state index in [0.29, 0.717) is 12.0 Å². The average molecular weight is 217 g/mol. The molecule has 0 N–H and O–H groups in total. The predicted molar refractivity (Wildman–Crippen MR) is 50.4 cm³/mol. The summed E-state index contributed by atoms with van der Waals surface area (Å²) in [6, 6.07) is 8.60. The summed E-state index contributed by atoms with van der Waals surface area (Å²) in [6.07, 6.45) is -4.35. The van der Waals surface area contributed by atoms with Crippen molar-refractivity contribution in [2.45, 2.75) is 19.7 Å². The van der Waals surface area contributed by atoms with Crippen molar-refractivity contribution >= 4 is 5.71 Å². The molecule has 1 aromatic carbocycles. The van der Waals surface area contributed by atoms with Crippen molar-refractivity contribution in [3.63, 3.8) is 0 Å². The third-order valence-corrected chi connectivity index (χ3v) is 1.70. The smallest absolute Gasteiger partial charge is 0.294 e. The van der Waals surface area contributed by atoms with Crippen LogP contribution in [0.5, 0.6) is 0 Å². The van der Waals surface area contributed by atoms with Crippen LogP contribution in [0.25, 0.3) is 0 Å². The molecule has 0 aliphatic rings. The first-order valence-electron chi connectivity index (χ1n) is 4.40. The van der Waals surface area contributed by atoms with Gasteiger partial charge in [0.25, 0.3) is 0 Å². The van der Waals surface area contributed by atoms with Crippen LogP contribution >= 0.6 is 0 Å². The Morgan fingerprint density at radius 3 is 2.33 bits per heavy atom. The lowest BCUT2D eigenvalue weighted by molar-refractivity contribution is -0.325. The van der Waals surface area contributed by atoms with Crippen LogP contribution < -0.4 is 0 Å². The van der Waals surface area contributed by atoms with Gasteiger partial charge in [0.2, 0.25) is 0 Å². The van der Waals surface area contributed by atoms with Gasteiger partial charge in [0.15, 0.2) is 0 Å². The molecule has 0 fully saturated rings. The SMILES string of the molecule is CC/C(=N\OC(F)(F)F)c1ccccc1. The largest absolute Gasteiger partial charge is 0.593 e. The van der Waals surface area contributed by atoms with Crippen LogP contribution in [0.1, 0.15) is 18.9 Å². The first kappa shape index (κ1) is 11.6. The second-order valence-electron chi connectivity index (χ2n) is 2.79. The van der Waals surface area contributed by atoms with Crippen molar-refractivity contribution < 1.29 is 18.0 Å². The average Bonchev–Trinajstić information content (AvgIpc) is 2.19. The Kier molecular flexibility index (Phi) is 3.71. The highest BCUT2D eigenvalue weighted by molar-refractivity contribution is 5.99. The molecular weight excluding hydrogens is 207 g/mol. The number of alkyl halides is 3. The van der Waals surface area contributed by atoms with Crippen molar-refractivity contribution in [3.8, 4) is 0 Å². The van der Waals surface area contributed by atoms with E-state index in [0.717, 1.165) is 0 Å². The molecule has 0 aliphatic carbocycles. The second kappa shape index (κ2) is 4.82. The van der Waals surface area contributed by atoms with E-state index >= 15 is 0 Å². The van der Waals surface area contributed by atoms with E-state index in [4.69, 9.17) is 0 Å². The van der Waals surface area contributed by atoms with Gasteiger partial charge in [-0.15, -0.1) is 13.2 Å². The number of hydrogen-bond donors (Lipinski definition) is 0. The number of oxime groups is 1. The lowest BCUT2D eigenvalue weighted by atomic mass is 10.1. The molecule has 2 nitrogen and oxygen atoms in total. The first-order valence-corrected chi connectivity index (χ1v) is 4.40. The van der Waals surface area contributed by atoms with Crippen LogP contribution in [-0.2, 0) is 4.84 Å². The zero-order valence-corrected chi connectivity index (χ0v) is 8.08. The Morgan fingerprint density at radius 1 is 1.27 bits per heavy atom. The molecule has 0 unspecified atom stereocenters. The van der Waals surface area contributed by atoms with Gasteiger partial charge in [-0.1, -0.05) is 42.4 Å². The van der Waals surface area contributed by atoms with Gasteiger partial charge in [-0.05, 0) is 12.0 Å². The van der Waals surface area contributed by atoms with Gasteiger partial charge >= 0.3 is 6.36 Å². The van der Waals surface area contributed by atoms with E-state index in [1.54, 1.807) is 37.3 Å². The molecule has 0 heterocycles. The van der Waals surface area contributed by atoms with E-state index < -0.39 is 6.36 Å². The van der Waals surface area contributed by atoms with Gasteiger partial charge < -0.3 is 0 Å². The Labute approximate surface area is 85.4 Å². The minimum absolute atomic E-state index is 0.271. The molecule has 1 rings (SSSR count). The Morgan fingerprint density at radius 2 is 1.87 bits per heavy atom. The molecule has 0 spiro atoms. The minimum atomic E-state index is -4.73. The molecule has 0 aliphatic heterocycles. The zero-order chi connectivity index (χ0) is 11.3. The molecule has 0 saturated heterocycles. The third kappa shape index (κ3) is 4.01. The monoisotopic (exact) mass is 217 g/mol. The highest BCUT2D eigenvalue weighted by Crippen LogP contribution is 2.17. The number of nitrogens with zero attached hydrogens (tertiary/aromatic N) is 1. The molecule has 15 heavy (non-hydrogen) atoms. The molecule has 0 bridgehead atoms. The van der Waals surface area contributed by atoms with E-state index in [2.05, 4.69) is 9.99 Å². The van der Waals surface area contributed by atoms with Crippen LogP contribution in [0.4, 0.5) is 13.2 Å². The maximum Gasteiger partial charge on any atom is 0.593 e. The normalized spacial score (nSPS) is 12.7. The van der Waals surface area contributed by atoms with Crippen LogP contribution in [0.15, 0.2) is 35.5 Å². The molecule has 0 aromatic heterocycles. The summed E-state index contributed by atoms with van der Waals surface area (Å²) in [5, 5.41) is 3.08. The maximum atomic E-state index is 11.7. The number of hydrogen-bond acceptors (Lipinski definition) is 2. The number of rotatable bonds is 3. The molecule has 0 radical (unpaired) electrons. The summed E-state index contributed by atoms with van der Waals surface area (Å²) in [5.41, 5.74) is 0.900. The minimum Gasteiger partial charge on any atom is -0.294 e. The predicted octanol–water partition coefficient (Wildman–Crippen LogP) is 3.34. The molecule has 0 atom stereocenters. The van der Waals surface area contributed by atoms with Crippen LogP contribution in [0, 0.1) is 0 Å². The van der Waals surface area contributed by atoms with Crippen molar-refractivity contribution in [3.05, 3.63) is 35.9 Å². The molecule has 5 heteroatoms.